The molecule has 1 saturated heterocycles. The smallest absolute Gasteiger partial charge is 0.255 e. The number of nitrogens with one attached hydrogen (secondary N) is 1. The van der Waals surface area contributed by atoms with Crippen LogP contribution >= 0.6 is 0 Å². The number of likely N-dealkylation sites (tertiary alicyclic amines) is 1. The van der Waals surface area contributed by atoms with E-state index in [1.54, 1.807) is 18.5 Å². The number of hydrogen-bond acceptors (Lipinski definition) is 2. The lowest BCUT2D eigenvalue weighted by molar-refractivity contribution is 0.0211. The molecule has 1 aliphatic heterocycles. The summed E-state index contributed by atoms with van der Waals surface area (Å²) in [5, 5.41) is 9.90. The third kappa shape index (κ3) is 2.11. The molecule has 1 amide bonds. The average Bonchev–Trinajstić information content (AvgIpc) is 2.87. The maximum absolute atomic E-state index is 12.0. The summed E-state index contributed by atoms with van der Waals surface area (Å²) in [4.78, 5) is 16.7. The van der Waals surface area contributed by atoms with Gasteiger partial charge < -0.3 is 15.0 Å². The highest BCUT2D eigenvalue weighted by molar-refractivity contribution is 5.94. The Labute approximate surface area is 95.3 Å². The van der Waals surface area contributed by atoms with Crippen molar-refractivity contribution >= 4 is 5.91 Å². The molecule has 0 radical (unpaired) electrons. The number of aliphatic hydroxyl groups is 1. The summed E-state index contributed by atoms with van der Waals surface area (Å²) in [5.74, 6) is 0.225. The van der Waals surface area contributed by atoms with Crippen LogP contribution in [0.1, 0.15) is 30.6 Å². The van der Waals surface area contributed by atoms with Gasteiger partial charge in [-0.1, -0.05) is 0 Å². The Bertz CT molecular complexity index is 365. The second-order valence-corrected chi connectivity index (χ2v) is 4.99. The van der Waals surface area contributed by atoms with E-state index in [-0.39, 0.29) is 11.8 Å². The van der Waals surface area contributed by atoms with Gasteiger partial charge in [-0.05, 0) is 26.3 Å². The van der Waals surface area contributed by atoms with E-state index in [2.05, 4.69) is 4.98 Å². The standard InChI is InChI=1S/C12H18N2O2/c1-12(2,16)10-4-6-14(8-10)11(15)9-3-5-13-7-9/h3,5,7,10,13,16H,4,6,8H2,1-2H3. The molecule has 4 nitrogen and oxygen atoms in total. The van der Waals surface area contributed by atoms with Crippen LogP contribution in [-0.4, -0.2) is 39.6 Å². The van der Waals surface area contributed by atoms with Crippen LogP contribution in [0, 0.1) is 5.92 Å². The SMILES string of the molecule is CC(C)(O)C1CCN(C(=O)c2cc[nH]c2)C1. The molecule has 2 N–H and O–H groups in total. The van der Waals surface area contributed by atoms with E-state index in [0.717, 1.165) is 13.0 Å². The maximum atomic E-state index is 12.0. The molecule has 88 valence electrons. The number of nitrogens with zero attached hydrogens (tertiary/aromatic N) is 1. The van der Waals surface area contributed by atoms with Crippen molar-refractivity contribution < 1.29 is 9.90 Å². The highest BCUT2D eigenvalue weighted by Gasteiger charge is 2.35. The first-order valence-electron chi connectivity index (χ1n) is 5.63. The topological polar surface area (TPSA) is 56.3 Å². The Morgan fingerprint density at radius 1 is 1.62 bits per heavy atom. The second-order valence-electron chi connectivity index (χ2n) is 4.99. The molecule has 2 heterocycles. The normalized spacial score (nSPS) is 21.4. The molecule has 2 rings (SSSR count). The van der Waals surface area contributed by atoms with Crippen LogP contribution in [0.15, 0.2) is 18.5 Å². The Morgan fingerprint density at radius 2 is 2.38 bits per heavy atom. The second kappa shape index (κ2) is 3.94. The van der Waals surface area contributed by atoms with Crippen LogP contribution < -0.4 is 0 Å². The van der Waals surface area contributed by atoms with Gasteiger partial charge in [0, 0.05) is 31.4 Å². The number of amides is 1. The summed E-state index contributed by atoms with van der Waals surface area (Å²) in [6.07, 6.45) is 4.33. The van der Waals surface area contributed by atoms with Crippen LogP contribution in [0.5, 0.6) is 0 Å². The summed E-state index contributed by atoms with van der Waals surface area (Å²) in [7, 11) is 0. The Morgan fingerprint density at radius 3 is 2.88 bits per heavy atom. The van der Waals surface area contributed by atoms with E-state index in [1.807, 2.05) is 18.7 Å². The van der Waals surface area contributed by atoms with Crippen molar-refractivity contribution in [2.45, 2.75) is 25.9 Å². The van der Waals surface area contributed by atoms with E-state index in [4.69, 9.17) is 0 Å². The minimum absolute atomic E-state index is 0.0491. The molecule has 0 spiro atoms. The zero-order valence-corrected chi connectivity index (χ0v) is 9.73. The molecule has 0 aromatic carbocycles. The largest absolute Gasteiger partial charge is 0.390 e. The minimum atomic E-state index is -0.701. The fourth-order valence-corrected chi connectivity index (χ4v) is 2.16. The first-order valence-corrected chi connectivity index (χ1v) is 5.63. The quantitative estimate of drug-likeness (QED) is 0.791. The van der Waals surface area contributed by atoms with Crippen molar-refractivity contribution in [1.29, 1.82) is 0 Å². The fraction of sp³-hybridized carbons (Fsp3) is 0.583. The molecule has 1 unspecified atom stereocenters. The van der Waals surface area contributed by atoms with Gasteiger partial charge in [-0.3, -0.25) is 4.79 Å². The number of H-pyrrole nitrogens is 1. The summed E-state index contributed by atoms with van der Waals surface area (Å²) >= 11 is 0. The van der Waals surface area contributed by atoms with E-state index >= 15 is 0 Å². The number of aromatic nitrogens is 1. The molecule has 4 heteroatoms. The van der Waals surface area contributed by atoms with Crippen LogP contribution in [0.3, 0.4) is 0 Å². The molecule has 0 saturated carbocycles. The van der Waals surface area contributed by atoms with Gasteiger partial charge >= 0.3 is 0 Å². The van der Waals surface area contributed by atoms with Crippen LogP contribution in [0.4, 0.5) is 0 Å². The predicted octanol–water partition coefficient (Wildman–Crippen LogP) is 1.25. The monoisotopic (exact) mass is 222 g/mol. The summed E-state index contributed by atoms with van der Waals surface area (Å²) < 4.78 is 0. The van der Waals surface area contributed by atoms with Crippen LogP contribution in [-0.2, 0) is 0 Å². The lowest BCUT2D eigenvalue weighted by Gasteiger charge is -2.25. The third-order valence-corrected chi connectivity index (χ3v) is 3.32. The lowest BCUT2D eigenvalue weighted by Crippen LogP contribution is -2.35. The zero-order chi connectivity index (χ0) is 11.8. The Balaban J connectivity index is 2.02. The summed E-state index contributed by atoms with van der Waals surface area (Å²) in [6.45, 7) is 5.00. The van der Waals surface area contributed by atoms with Crippen molar-refractivity contribution in [2.75, 3.05) is 13.1 Å². The van der Waals surface area contributed by atoms with E-state index in [9.17, 15) is 9.90 Å². The van der Waals surface area contributed by atoms with E-state index < -0.39 is 5.60 Å². The van der Waals surface area contributed by atoms with Gasteiger partial charge in [-0.2, -0.15) is 0 Å². The average molecular weight is 222 g/mol. The molecule has 1 aromatic rings. The van der Waals surface area contributed by atoms with Crippen molar-refractivity contribution in [3.05, 3.63) is 24.0 Å². The van der Waals surface area contributed by atoms with Gasteiger partial charge in [0.1, 0.15) is 0 Å². The van der Waals surface area contributed by atoms with Gasteiger partial charge in [0.2, 0.25) is 0 Å². The lowest BCUT2D eigenvalue weighted by atomic mass is 9.90. The predicted molar refractivity (Wildman–Crippen MR) is 61.1 cm³/mol. The molecular formula is C12H18N2O2. The van der Waals surface area contributed by atoms with Crippen molar-refractivity contribution in [2.24, 2.45) is 5.92 Å². The number of aromatic amines is 1. The third-order valence-electron chi connectivity index (χ3n) is 3.32. The highest BCUT2D eigenvalue weighted by Crippen LogP contribution is 2.27. The molecule has 1 aliphatic rings. The van der Waals surface area contributed by atoms with Gasteiger partial charge in [0.05, 0.1) is 11.2 Å². The zero-order valence-electron chi connectivity index (χ0n) is 9.73. The number of carbonyl (C=O) groups excluding carboxylic acids is 1. The fourth-order valence-electron chi connectivity index (χ4n) is 2.16. The molecular weight excluding hydrogens is 204 g/mol. The van der Waals surface area contributed by atoms with Crippen molar-refractivity contribution in [3.8, 4) is 0 Å². The first-order chi connectivity index (χ1) is 7.48. The van der Waals surface area contributed by atoms with Crippen molar-refractivity contribution in [1.82, 2.24) is 9.88 Å². The first kappa shape index (κ1) is 11.2. The number of hydrogen-bond donors (Lipinski definition) is 2. The minimum Gasteiger partial charge on any atom is -0.390 e. The van der Waals surface area contributed by atoms with Crippen LogP contribution in [0.2, 0.25) is 0 Å². The molecule has 0 aliphatic carbocycles. The van der Waals surface area contributed by atoms with E-state index in [1.165, 1.54) is 0 Å². The van der Waals surface area contributed by atoms with Gasteiger partial charge in [0.15, 0.2) is 0 Å². The highest BCUT2D eigenvalue weighted by atomic mass is 16.3. The molecule has 1 aromatic heterocycles. The van der Waals surface area contributed by atoms with E-state index in [0.29, 0.717) is 12.1 Å². The summed E-state index contributed by atoms with van der Waals surface area (Å²) in [5.41, 5.74) is -0.0101. The molecule has 0 bridgehead atoms. The van der Waals surface area contributed by atoms with Gasteiger partial charge in [-0.25, -0.2) is 0 Å². The Hall–Kier alpha value is -1.29. The summed E-state index contributed by atoms with van der Waals surface area (Å²) in [6, 6.07) is 1.78. The molecule has 1 atom stereocenters. The van der Waals surface area contributed by atoms with Crippen LogP contribution in [0.25, 0.3) is 0 Å². The number of rotatable bonds is 2. The maximum Gasteiger partial charge on any atom is 0.255 e. The molecule has 16 heavy (non-hydrogen) atoms. The molecule has 1 fully saturated rings. The van der Waals surface area contributed by atoms with Crippen molar-refractivity contribution in [3.63, 3.8) is 0 Å². The van der Waals surface area contributed by atoms with Gasteiger partial charge in [0.25, 0.3) is 5.91 Å². The van der Waals surface area contributed by atoms with Gasteiger partial charge in [-0.15, -0.1) is 0 Å². The number of carbonyl (C=O) groups is 1. The Kier molecular flexibility index (Phi) is 2.76.